The molecular formula is C12H18N2O2. The van der Waals surface area contributed by atoms with E-state index in [1.165, 1.54) is 6.42 Å². The Hall–Kier alpha value is -1.32. The van der Waals surface area contributed by atoms with Gasteiger partial charge in [-0.1, -0.05) is 6.42 Å². The second-order valence-electron chi connectivity index (χ2n) is 4.57. The van der Waals surface area contributed by atoms with Crippen molar-refractivity contribution in [3.05, 3.63) is 18.2 Å². The summed E-state index contributed by atoms with van der Waals surface area (Å²) in [5, 5.41) is 8.73. The summed E-state index contributed by atoms with van der Waals surface area (Å²) in [6, 6.07) is 0.460. The second kappa shape index (κ2) is 4.68. The van der Waals surface area contributed by atoms with Crippen LogP contribution in [0.25, 0.3) is 0 Å². The van der Waals surface area contributed by atoms with E-state index in [0.29, 0.717) is 12.0 Å². The molecule has 16 heavy (non-hydrogen) atoms. The number of aliphatic carboxylic acids is 1. The smallest absolute Gasteiger partial charge is 0.303 e. The first-order valence-electron chi connectivity index (χ1n) is 5.89. The lowest BCUT2D eigenvalue weighted by atomic mass is 9.97. The van der Waals surface area contributed by atoms with Gasteiger partial charge in [-0.3, -0.25) is 4.79 Å². The molecule has 1 aromatic rings. The summed E-state index contributed by atoms with van der Waals surface area (Å²) < 4.78 is 2.21. The Balaban J connectivity index is 2.03. The quantitative estimate of drug-likeness (QED) is 0.851. The molecule has 0 amide bonds. The van der Waals surface area contributed by atoms with Gasteiger partial charge in [0.1, 0.15) is 5.82 Å². The molecule has 1 aliphatic carbocycles. The molecule has 1 saturated carbocycles. The van der Waals surface area contributed by atoms with Gasteiger partial charge in [-0.25, -0.2) is 4.98 Å². The summed E-state index contributed by atoms with van der Waals surface area (Å²) in [6.07, 6.45) is 8.41. The minimum atomic E-state index is -0.687. The van der Waals surface area contributed by atoms with Crippen molar-refractivity contribution in [2.24, 2.45) is 5.92 Å². The molecule has 0 aliphatic heterocycles. The van der Waals surface area contributed by atoms with Gasteiger partial charge in [0, 0.05) is 24.9 Å². The van der Waals surface area contributed by atoms with Crippen LogP contribution in [-0.2, 0) is 4.79 Å². The zero-order chi connectivity index (χ0) is 11.5. The lowest BCUT2D eigenvalue weighted by Gasteiger charge is -2.21. The van der Waals surface area contributed by atoms with E-state index in [0.717, 1.165) is 25.1 Å². The molecule has 0 radical (unpaired) electrons. The summed E-state index contributed by atoms with van der Waals surface area (Å²) in [5.74, 6) is 0.851. The molecule has 2 rings (SSSR count). The number of carboxylic acids is 1. The predicted molar refractivity (Wildman–Crippen MR) is 60.2 cm³/mol. The highest BCUT2D eigenvalue weighted by Gasteiger charge is 2.29. The molecule has 0 saturated heterocycles. The zero-order valence-corrected chi connectivity index (χ0v) is 9.59. The van der Waals surface area contributed by atoms with E-state index in [1.54, 1.807) is 0 Å². The number of nitrogens with zero attached hydrogens (tertiary/aromatic N) is 2. The maximum Gasteiger partial charge on any atom is 0.303 e. The number of carbonyl (C=O) groups is 1. The largest absolute Gasteiger partial charge is 0.481 e. The molecule has 0 bridgehead atoms. The molecule has 1 aliphatic rings. The number of hydrogen-bond acceptors (Lipinski definition) is 2. The van der Waals surface area contributed by atoms with Crippen molar-refractivity contribution in [3.8, 4) is 0 Å². The third kappa shape index (κ3) is 2.26. The fraction of sp³-hybridized carbons (Fsp3) is 0.667. The van der Waals surface area contributed by atoms with Gasteiger partial charge in [0.25, 0.3) is 0 Å². The SMILES string of the molecule is Cc1nccn1C1CCCC1CCC(=O)O. The predicted octanol–water partition coefficient (Wildman–Crippen LogP) is 2.40. The van der Waals surface area contributed by atoms with Crippen molar-refractivity contribution in [3.63, 3.8) is 0 Å². The standard InChI is InChI=1S/C12H18N2O2/c1-9-13-7-8-14(9)11-4-2-3-10(11)5-6-12(15)16/h7-8,10-11H,2-6H2,1H3,(H,15,16). The number of hydrogen-bond donors (Lipinski definition) is 1. The number of carboxylic acid groups (broad SMARTS) is 1. The lowest BCUT2D eigenvalue weighted by Crippen LogP contribution is -2.15. The lowest BCUT2D eigenvalue weighted by molar-refractivity contribution is -0.137. The fourth-order valence-electron chi connectivity index (χ4n) is 2.77. The molecule has 4 nitrogen and oxygen atoms in total. The molecule has 4 heteroatoms. The number of rotatable bonds is 4. The van der Waals surface area contributed by atoms with E-state index < -0.39 is 5.97 Å². The van der Waals surface area contributed by atoms with Crippen LogP contribution >= 0.6 is 0 Å². The van der Waals surface area contributed by atoms with E-state index in [2.05, 4.69) is 9.55 Å². The van der Waals surface area contributed by atoms with Crippen LogP contribution in [0.4, 0.5) is 0 Å². The molecule has 2 atom stereocenters. The van der Waals surface area contributed by atoms with Crippen LogP contribution in [0.2, 0.25) is 0 Å². The molecule has 2 unspecified atom stereocenters. The van der Waals surface area contributed by atoms with Crippen molar-refractivity contribution < 1.29 is 9.90 Å². The number of imidazole rings is 1. The van der Waals surface area contributed by atoms with Gasteiger partial charge in [0.05, 0.1) is 0 Å². The molecule has 0 spiro atoms. The summed E-state index contributed by atoms with van der Waals surface area (Å²) in [5.41, 5.74) is 0. The molecule has 1 N–H and O–H groups in total. The van der Waals surface area contributed by atoms with Crippen molar-refractivity contribution in [1.82, 2.24) is 9.55 Å². The Kier molecular flexibility index (Phi) is 3.27. The van der Waals surface area contributed by atoms with E-state index in [4.69, 9.17) is 5.11 Å². The first kappa shape index (κ1) is 11.2. The van der Waals surface area contributed by atoms with Crippen LogP contribution in [0, 0.1) is 12.8 Å². The third-order valence-electron chi connectivity index (χ3n) is 3.57. The van der Waals surface area contributed by atoms with Crippen LogP contribution in [0.1, 0.15) is 44.0 Å². The maximum absolute atomic E-state index is 10.6. The van der Waals surface area contributed by atoms with Crippen LogP contribution in [0.3, 0.4) is 0 Å². The molecule has 1 aromatic heterocycles. The Morgan fingerprint density at radius 2 is 2.44 bits per heavy atom. The molecule has 1 fully saturated rings. The summed E-state index contributed by atoms with van der Waals surface area (Å²) >= 11 is 0. The Bertz CT molecular complexity index is 373. The van der Waals surface area contributed by atoms with Gasteiger partial charge in [0.15, 0.2) is 0 Å². The van der Waals surface area contributed by atoms with E-state index in [9.17, 15) is 4.79 Å². The van der Waals surface area contributed by atoms with Gasteiger partial charge in [-0.05, 0) is 32.1 Å². The van der Waals surface area contributed by atoms with Crippen LogP contribution < -0.4 is 0 Å². The van der Waals surface area contributed by atoms with Crippen LogP contribution in [0.15, 0.2) is 12.4 Å². The zero-order valence-electron chi connectivity index (χ0n) is 9.59. The van der Waals surface area contributed by atoms with E-state index in [1.807, 2.05) is 19.3 Å². The third-order valence-corrected chi connectivity index (χ3v) is 3.57. The van der Waals surface area contributed by atoms with Crippen molar-refractivity contribution >= 4 is 5.97 Å². The van der Waals surface area contributed by atoms with Crippen LogP contribution in [-0.4, -0.2) is 20.6 Å². The summed E-state index contributed by atoms with van der Waals surface area (Å²) in [4.78, 5) is 14.8. The van der Waals surface area contributed by atoms with Gasteiger partial charge >= 0.3 is 5.97 Å². The highest BCUT2D eigenvalue weighted by atomic mass is 16.4. The summed E-state index contributed by atoms with van der Waals surface area (Å²) in [6.45, 7) is 2.01. The second-order valence-corrected chi connectivity index (χ2v) is 4.57. The first-order valence-corrected chi connectivity index (χ1v) is 5.89. The molecular weight excluding hydrogens is 204 g/mol. The van der Waals surface area contributed by atoms with Gasteiger partial charge < -0.3 is 9.67 Å². The molecule has 88 valence electrons. The molecule has 1 heterocycles. The molecule has 0 aromatic carbocycles. The Labute approximate surface area is 95.3 Å². The minimum absolute atomic E-state index is 0.287. The monoisotopic (exact) mass is 222 g/mol. The highest BCUT2D eigenvalue weighted by Crippen LogP contribution is 2.38. The van der Waals surface area contributed by atoms with Crippen molar-refractivity contribution in [2.75, 3.05) is 0 Å². The normalized spacial score (nSPS) is 24.8. The number of aromatic nitrogens is 2. The Morgan fingerprint density at radius 1 is 1.62 bits per heavy atom. The average Bonchev–Trinajstić information content (AvgIpc) is 2.82. The van der Waals surface area contributed by atoms with Crippen molar-refractivity contribution in [1.29, 1.82) is 0 Å². The maximum atomic E-state index is 10.6. The minimum Gasteiger partial charge on any atom is -0.481 e. The number of aryl methyl sites for hydroxylation is 1. The van der Waals surface area contributed by atoms with Gasteiger partial charge in [-0.15, -0.1) is 0 Å². The van der Waals surface area contributed by atoms with Crippen LogP contribution in [0.5, 0.6) is 0 Å². The van der Waals surface area contributed by atoms with Gasteiger partial charge in [0.2, 0.25) is 0 Å². The van der Waals surface area contributed by atoms with Gasteiger partial charge in [-0.2, -0.15) is 0 Å². The summed E-state index contributed by atoms with van der Waals surface area (Å²) in [7, 11) is 0. The van der Waals surface area contributed by atoms with E-state index >= 15 is 0 Å². The highest BCUT2D eigenvalue weighted by molar-refractivity contribution is 5.66. The fourth-order valence-corrected chi connectivity index (χ4v) is 2.77. The first-order chi connectivity index (χ1) is 7.68. The average molecular weight is 222 g/mol. The Morgan fingerprint density at radius 3 is 3.06 bits per heavy atom. The van der Waals surface area contributed by atoms with Crippen molar-refractivity contribution in [2.45, 2.75) is 45.1 Å². The van der Waals surface area contributed by atoms with E-state index in [-0.39, 0.29) is 6.42 Å². The topological polar surface area (TPSA) is 55.1 Å².